The highest BCUT2D eigenvalue weighted by molar-refractivity contribution is 6.34. The van der Waals surface area contributed by atoms with Crippen molar-refractivity contribution in [2.24, 2.45) is 0 Å². The molecule has 0 bridgehead atoms. The second kappa shape index (κ2) is 4.94. The molecule has 19 heavy (non-hydrogen) atoms. The van der Waals surface area contributed by atoms with Crippen molar-refractivity contribution in [3.8, 4) is 17.4 Å². The third-order valence-electron chi connectivity index (χ3n) is 2.86. The fourth-order valence-electron chi connectivity index (χ4n) is 2.04. The zero-order chi connectivity index (χ0) is 13.4. The molecule has 0 saturated heterocycles. The number of ether oxygens (including phenoxy) is 2. The van der Waals surface area contributed by atoms with Crippen LogP contribution in [0.4, 0.5) is 0 Å². The summed E-state index contributed by atoms with van der Waals surface area (Å²) in [7, 11) is 0. The predicted molar refractivity (Wildman–Crippen MR) is 73.6 cm³/mol. The van der Waals surface area contributed by atoms with Gasteiger partial charge in [0.25, 0.3) is 5.88 Å². The minimum atomic E-state index is 0.533. The quantitative estimate of drug-likeness (QED) is 0.861. The fourth-order valence-corrected chi connectivity index (χ4v) is 2.54. The molecule has 2 aromatic rings. The van der Waals surface area contributed by atoms with Crippen LogP contribution in [-0.2, 0) is 13.0 Å². The van der Waals surface area contributed by atoms with Crippen LogP contribution in [0.3, 0.4) is 0 Å². The first kappa shape index (κ1) is 12.6. The first-order valence-corrected chi connectivity index (χ1v) is 6.79. The molecule has 0 spiro atoms. The number of rotatable bonds is 3. The first-order valence-electron chi connectivity index (χ1n) is 6.04. The first-order chi connectivity index (χ1) is 9.17. The number of benzene rings is 1. The minimum absolute atomic E-state index is 0.533. The van der Waals surface area contributed by atoms with Crippen LogP contribution in [0, 0.1) is 0 Å². The van der Waals surface area contributed by atoms with E-state index >= 15 is 0 Å². The van der Waals surface area contributed by atoms with Crippen LogP contribution in [0.1, 0.15) is 12.6 Å². The highest BCUT2D eigenvalue weighted by Crippen LogP contribution is 2.38. The number of aromatic nitrogens is 2. The Balaban J connectivity index is 1.98. The van der Waals surface area contributed by atoms with Crippen LogP contribution < -0.4 is 9.47 Å². The van der Waals surface area contributed by atoms with Gasteiger partial charge in [0.15, 0.2) is 0 Å². The Morgan fingerprint density at radius 3 is 2.74 bits per heavy atom. The molecule has 0 atom stereocenters. The SMILES string of the molecule is CCc1nn2c(c1Oc1cc(Cl)cc(Cl)c1)OCC2. The van der Waals surface area contributed by atoms with Crippen molar-refractivity contribution >= 4 is 23.2 Å². The summed E-state index contributed by atoms with van der Waals surface area (Å²) in [6.45, 7) is 3.40. The molecule has 1 aliphatic heterocycles. The van der Waals surface area contributed by atoms with Crippen molar-refractivity contribution in [3.05, 3.63) is 33.9 Å². The maximum Gasteiger partial charge on any atom is 0.256 e. The van der Waals surface area contributed by atoms with E-state index in [-0.39, 0.29) is 0 Å². The molecule has 0 saturated carbocycles. The maximum absolute atomic E-state index is 5.96. The average Bonchev–Trinajstić information content (AvgIpc) is 2.90. The van der Waals surface area contributed by atoms with Crippen LogP contribution in [0.15, 0.2) is 18.2 Å². The van der Waals surface area contributed by atoms with Crippen molar-refractivity contribution < 1.29 is 9.47 Å². The summed E-state index contributed by atoms with van der Waals surface area (Å²) in [4.78, 5) is 0. The highest BCUT2D eigenvalue weighted by Gasteiger charge is 2.24. The second-order valence-electron chi connectivity index (χ2n) is 4.21. The highest BCUT2D eigenvalue weighted by atomic mass is 35.5. The van der Waals surface area contributed by atoms with Gasteiger partial charge in [-0.3, -0.25) is 0 Å². The lowest BCUT2D eigenvalue weighted by molar-refractivity contribution is 0.336. The number of halogens is 2. The van der Waals surface area contributed by atoms with Gasteiger partial charge in [-0.2, -0.15) is 5.10 Å². The van der Waals surface area contributed by atoms with E-state index in [4.69, 9.17) is 32.7 Å². The third-order valence-corrected chi connectivity index (χ3v) is 3.30. The zero-order valence-corrected chi connectivity index (χ0v) is 11.8. The summed E-state index contributed by atoms with van der Waals surface area (Å²) in [5.41, 5.74) is 0.866. The molecule has 100 valence electrons. The molecule has 6 heteroatoms. The molecule has 3 rings (SSSR count). The summed E-state index contributed by atoms with van der Waals surface area (Å²) in [5.74, 6) is 1.91. The molecule has 1 aliphatic rings. The molecule has 2 heterocycles. The lowest BCUT2D eigenvalue weighted by atomic mass is 10.3. The Hall–Kier alpha value is -1.39. The fraction of sp³-hybridized carbons (Fsp3) is 0.308. The largest absolute Gasteiger partial charge is 0.473 e. The monoisotopic (exact) mass is 298 g/mol. The molecule has 4 nitrogen and oxygen atoms in total. The second-order valence-corrected chi connectivity index (χ2v) is 5.09. The zero-order valence-electron chi connectivity index (χ0n) is 10.3. The van der Waals surface area contributed by atoms with E-state index in [0.29, 0.717) is 34.0 Å². The van der Waals surface area contributed by atoms with E-state index in [1.54, 1.807) is 18.2 Å². The molecule has 0 radical (unpaired) electrons. The van der Waals surface area contributed by atoms with Crippen molar-refractivity contribution in [3.63, 3.8) is 0 Å². The van der Waals surface area contributed by atoms with Gasteiger partial charge in [0, 0.05) is 10.0 Å². The average molecular weight is 299 g/mol. The molecular formula is C13H12Cl2N2O2. The molecule has 1 aromatic carbocycles. The number of hydrogen-bond donors (Lipinski definition) is 0. The van der Waals surface area contributed by atoms with E-state index in [1.165, 1.54) is 0 Å². The lowest BCUT2D eigenvalue weighted by Crippen LogP contribution is -1.98. The molecule has 0 aliphatic carbocycles. The smallest absolute Gasteiger partial charge is 0.256 e. The Kier molecular flexibility index (Phi) is 3.29. The summed E-state index contributed by atoms with van der Waals surface area (Å²) in [5, 5.41) is 5.52. The van der Waals surface area contributed by atoms with E-state index in [2.05, 4.69) is 5.10 Å². The van der Waals surface area contributed by atoms with Crippen LogP contribution in [0.25, 0.3) is 0 Å². The predicted octanol–water partition coefficient (Wildman–Crippen LogP) is 3.94. The van der Waals surface area contributed by atoms with Gasteiger partial charge in [-0.25, -0.2) is 4.68 Å². The third kappa shape index (κ3) is 2.38. The molecule has 0 N–H and O–H groups in total. The van der Waals surface area contributed by atoms with Crippen molar-refractivity contribution in [1.29, 1.82) is 0 Å². The van der Waals surface area contributed by atoms with Gasteiger partial charge in [0.2, 0.25) is 5.75 Å². The van der Waals surface area contributed by atoms with Gasteiger partial charge in [0.05, 0.1) is 6.54 Å². The Morgan fingerprint density at radius 1 is 1.32 bits per heavy atom. The van der Waals surface area contributed by atoms with Gasteiger partial charge in [-0.15, -0.1) is 0 Å². The van der Waals surface area contributed by atoms with Crippen molar-refractivity contribution in [1.82, 2.24) is 9.78 Å². The van der Waals surface area contributed by atoms with Gasteiger partial charge in [0.1, 0.15) is 18.1 Å². The molecular weight excluding hydrogens is 287 g/mol. The molecule has 0 fully saturated rings. The number of nitrogens with zero attached hydrogens (tertiary/aromatic N) is 2. The van der Waals surface area contributed by atoms with Gasteiger partial charge in [-0.05, 0) is 24.6 Å². The maximum atomic E-state index is 5.96. The van der Waals surface area contributed by atoms with Crippen molar-refractivity contribution in [2.75, 3.05) is 6.61 Å². The Labute approximate surface area is 120 Å². The normalized spacial score (nSPS) is 13.2. The molecule has 0 unspecified atom stereocenters. The Bertz CT molecular complexity index is 605. The van der Waals surface area contributed by atoms with Gasteiger partial charge < -0.3 is 9.47 Å². The van der Waals surface area contributed by atoms with Gasteiger partial charge >= 0.3 is 0 Å². The van der Waals surface area contributed by atoms with E-state index in [0.717, 1.165) is 18.7 Å². The number of fused-ring (bicyclic) bond motifs is 1. The minimum Gasteiger partial charge on any atom is -0.473 e. The van der Waals surface area contributed by atoms with Crippen LogP contribution in [0.2, 0.25) is 10.0 Å². The summed E-state index contributed by atoms with van der Waals surface area (Å²) in [6.07, 6.45) is 0.771. The topological polar surface area (TPSA) is 36.3 Å². The number of hydrogen-bond acceptors (Lipinski definition) is 3. The van der Waals surface area contributed by atoms with Crippen LogP contribution in [-0.4, -0.2) is 16.4 Å². The summed E-state index contributed by atoms with van der Waals surface area (Å²) < 4.78 is 13.2. The van der Waals surface area contributed by atoms with Crippen LogP contribution in [0.5, 0.6) is 17.4 Å². The molecule has 1 aromatic heterocycles. The van der Waals surface area contributed by atoms with Gasteiger partial charge in [-0.1, -0.05) is 30.1 Å². The summed E-state index contributed by atoms with van der Waals surface area (Å²) >= 11 is 11.9. The summed E-state index contributed by atoms with van der Waals surface area (Å²) in [6, 6.07) is 5.09. The van der Waals surface area contributed by atoms with Crippen LogP contribution >= 0.6 is 23.2 Å². The van der Waals surface area contributed by atoms with E-state index in [9.17, 15) is 0 Å². The lowest BCUT2D eigenvalue weighted by Gasteiger charge is -2.07. The standard InChI is InChI=1S/C13H12Cl2N2O2/c1-2-11-12(13-17(16-11)3-4-18-13)19-10-6-8(14)5-9(15)7-10/h5-7H,2-4H2,1H3. The van der Waals surface area contributed by atoms with E-state index < -0.39 is 0 Å². The molecule has 0 amide bonds. The Morgan fingerprint density at radius 2 is 2.05 bits per heavy atom. The number of aryl methyl sites for hydroxylation is 1. The van der Waals surface area contributed by atoms with E-state index in [1.807, 2.05) is 11.6 Å². The van der Waals surface area contributed by atoms with Crippen molar-refractivity contribution in [2.45, 2.75) is 19.9 Å².